The van der Waals surface area contributed by atoms with Crippen LogP contribution in [0.15, 0.2) is 0 Å². The van der Waals surface area contributed by atoms with Gasteiger partial charge in [0.15, 0.2) is 0 Å². The first-order valence-corrected chi connectivity index (χ1v) is 8.12. The Morgan fingerprint density at radius 2 is 1.82 bits per heavy atom. The van der Waals surface area contributed by atoms with Crippen LogP contribution in [-0.2, 0) is 10.0 Å². The van der Waals surface area contributed by atoms with Crippen molar-refractivity contribution in [2.24, 2.45) is 11.3 Å². The number of hydrogen-bond acceptors (Lipinski definition) is 3. The minimum atomic E-state index is -3.08. The second kappa shape index (κ2) is 6.16. The topological polar surface area (TPSA) is 58.2 Å². The first-order chi connectivity index (χ1) is 7.79. The molecule has 1 aliphatic rings. The Morgan fingerprint density at radius 1 is 1.24 bits per heavy atom. The van der Waals surface area contributed by atoms with Crippen LogP contribution in [0.1, 0.15) is 40.0 Å². The van der Waals surface area contributed by atoms with Crippen molar-refractivity contribution in [2.45, 2.75) is 40.0 Å². The number of sulfonamides is 1. The Morgan fingerprint density at radius 3 is 2.35 bits per heavy atom. The fourth-order valence-corrected chi connectivity index (χ4v) is 3.33. The SMILES string of the molecule is CC(C)(C)CNS(=O)(=O)CCC1CCNCC1. The van der Waals surface area contributed by atoms with E-state index in [2.05, 4.69) is 10.0 Å². The summed E-state index contributed by atoms with van der Waals surface area (Å²) in [5.41, 5.74) is 0.00181. The minimum absolute atomic E-state index is 0.00181. The van der Waals surface area contributed by atoms with Crippen LogP contribution < -0.4 is 10.0 Å². The molecule has 1 heterocycles. The number of nitrogens with one attached hydrogen (secondary N) is 2. The van der Waals surface area contributed by atoms with E-state index in [1.807, 2.05) is 20.8 Å². The standard InChI is InChI=1S/C12H26N2O2S/c1-12(2,3)10-14-17(15,16)9-6-11-4-7-13-8-5-11/h11,13-14H,4-10H2,1-3H3. The minimum Gasteiger partial charge on any atom is -0.317 e. The molecule has 4 nitrogen and oxygen atoms in total. The van der Waals surface area contributed by atoms with E-state index >= 15 is 0 Å². The van der Waals surface area contributed by atoms with Gasteiger partial charge in [-0.2, -0.15) is 0 Å². The third kappa shape index (κ3) is 7.01. The molecule has 0 spiro atoms. The summed E-state index contributed by atoms with van der Waals surface area (Å²) in [7, 11) is -3.08. The van der Waals surface area contributed by atoms with Gasteiger partial charge in [0, 0.05) is 6.54 Å². The average molecular weight is 262 g/mol. The highest BCUT2D eigenvalue weighted by atomic mass is 32.2. The van der Waals surface area contributed by atoms with Crippen molar-refractivity contribution < 1.29 is 8.42 Å². The van der Waals surface area contributed by atoms with Crippen LogP contribution in [-0.4, -0.2) is 33.8 Å². The molecular formula is C12H26N2O2S. The van der Waals surface area contributed by atoms with E-state index in [0.717, 1.165) is 32.4 Å². The molecule has 0 radical (unpaired) electrons. The first-order valence-electron chi connectivity index (χ1n) is 6.47. The third-order valence-corrected chi connectivity index (χ3v) is 4.43. The summed E-state index contributed by atoms with van der Waals surface area (Å²) in [4.78, 5) is 0. The summed E-state index contributed by atoms with van der Waals surface area (Å²) in [6.07, 6.45) is 3.00. The lowest BCUT2D eigenvalue weighted by Gasteiger charge is -2.23. The van der Waals surface area contributed by atoms with Gasteiger partial charge in [0.25, 0.3) is 0 Å². The molecule has 0 saturated carbocycles. The molecule has 17 heavy (non-hydrogen) atoms. The molecule has 1 rings (SSSR count). The molecule has 102 valence electrons. The van der Waals surface area contributed by atoms with Crippen molar-refractivity contribution in [3.8, 4) is 0 Å². The summed E-state index contributed by atoms with van der Waals surface area (Å²) >= 11 is 0. The third-order valence-electron chi connectivity index (χ3n) is 3.08. The van der Waals surface area contributed by atoms with Crippen LogP contribution in [0.3, 0.4) is 0 Å². The molecule has 0 bridgehead atoms. The molecule has 0 atom stereocenters. The Labute approximate surface area is 106 Å². The number of piperidine rings is 1. The summed E-state index contributed by atoms with van der Waals surface area (Å²) in [6, 6.07) is 0. The van der Waals surface area contributed by atoms with Crippen molar-refractivity contribution in [1.29, 1.82) is 0 Å². The van der Waals surface area contributed by atoms with Gasteiger partial charge in [0.05, 0.1) is 5.75 Å². The Hall–Kier alpha value is -0.130. The molecule has 1 aliphatic heterocycles. The van der Waals surface area contributed by atoms with Crippen molar-refractivity contribution in [3.05, 3.63) is 0 Å². The zero-order chi connectivity index (χ0) is 12.9. The lowest BCUT2D eigenvalue weighted by molar-refractivity contribution is 0.364. The maximum Gasteiger partial charge on any atom is 0.211 e. The van der Waals surface area contributed by atoms with Crippen molar-refractivity contribution in [1.82, 2.24) is 10.0 Å². The quantitative estimate of drug-likeness (QED) is 0.786. The summed E-state index contributed by atoms with van der Waals surface area (Å²) in [6.45, 7) is 8.66. The van der Waals surface area contributed by atoms with E-state index in [0.29, 0.717) is 12.5 Å². The van der Waals surface area contributed by atoms with Crippen molar-refractivity contribution >= 4 is 10.0 Å². The van der Waals surface area contributed by atoms with Crippen molar-refractivity contribution in [2.75, 3.05) is 25.4 Å². The van der Waals surface area contributed by atoms with Gasteiger partial charge in [-0.3, -0.25) is 0 Å². The molecule has 1 saturated heterocycles. The summed E-state index contributed by atoms with van der Waals surface area (Å²) in [5.74, 6) is 0.843. The van der Waals surface area contributed by atoms with Crippen LogP contribution in [0.25, 0.3) is 0 Å². The van der Waals surface area contributed by atoms with E-state index in [9.17, 15) is 8.42 Å². The molecule has 0 aromatic rings. The molecule has 0 unspecified atom stereocenters. The van der Waals surface area contributed by atoms with Gasteiger partial charge in [-0.15, -0.1) is 0 Å². The molecule has 2 N–H and O–H groups in total. The highest BCUT2D eigenvalue weighted by Crippen LogP contribution is 2.17. The lowest BCUT2D eigenvalue weighted by atomic mass is 9.96. The Balaban J connectivity index is 2.28. The molecule has 0 aliphatic carbocycles. The molecule has 5 heteroatoms. The number of hydrogen-bond donors (Lipinski definition) is 2. The van der Waals surface area contributed by atoms with Gasteiger partial charge in [-0.25, -0.2) is 13.1 Å². The van der Waals surface area contributed by atoms with Gasteiger partial charge in [-0.1, -0.05) is 20.8 Å². The largest absolute Gasteiger partial charge is 0.317 e. The number of rotatable bonds is 5. The average Bonchev–Trinajstić information content (AvgIpc) is 2.25. The van der Waals surface area contributed by atoms with Crippen LogP contribution in [0, 0.1) is 11.3 Å². The van der Waals surface area contributed by atoms with Gasteiger partial charge >= 0.3 is 0 Å². The van der Waals surface area contributed by atoms with Crippen LogP contribution in [0.5, 0.6) is 0 Å². The van der Waals surface area contributed by atoms with Gasteiger partial charge < -0.3 is 5.32 Å². The maximum absolute atomic E-state index is 11.8. The zero-order valence-electron chi connectivity index (χ0n) is 11.3. The van der Waals surface area contributed by atoms with Crippen molar-refractivity contribution in [3.63, 3.8) is 0 Å². The Kier molecular flexibility index (Phi) is 5.41. The van der Waals surface area contributed by atoms with Crippen LogP contribution >= 0.6 is 0 Å². The van der Waals surface area contributed by atoms with E-state index in [1.165, 1.54) is 0 Å². The molecule has 0 amide bonds. The molecule has 0 aromatic carbocycles. The monoisotopic (exact) mass is 262 g/mol. The highest BCUT2D eigenvalue weighted by Gasteiger charge is 2.19. The van der Waals surface area contributed by atoms with Crippen LogP contribution in [0.4, 0.5) is 0 Å². The molecule has 0 aromatic heterocycles. The molecular weight excluding hydrogens is 236 g/mol. The summed E-state index contributed by atoms with van der Waals surface area (Å²) in [5, 5.41) is 3.29. The first kappa shape index (κ1) is 14.9. The maximum atomic E-state index is 11.8. The Bertz CT molecular complexity index is 314. The summed E-state index contributed by atoms with van der Waals surface area (Å²) < 4.78 is 26.3. The van der Waals surface area contributed by atoms with Gasteiger partial charge in [-0.05, 0) is 43.7 Å². The van der Waals surface area contributed by atoms with E-state index in [-0.39, 0.29) is 11.2 Å². The van der Waals surface area contributed by atoms with Gasteiger partial charge in [0.1, 0.15) is 0 Å². The van der Waals surface area contributed by atoms with E-state index in [1.54, 1.807) is 0 Å². The second-order valence-corrected chi connectivity index (χ2v) is 8.11. The fraction of sp³-hybridized carbons (Fsp3) is 1.00. The van der Waals surface area contributed by atoms with E-state index in [4.69, 9.17) is 0 Å². The highest BCUT2D eigenvalue weighted by molar-refractivity contribution is 7.89. The van der Waals surface area contributed by atoms with E-state index < -0.39 is 10.0 Å². The fourth-order valence-electron chi connectivity index (χ4n) is 1.89. The normalized spacial score (nSPS) is 19.5. The predicted molar refractivity (Wildman–Crippen MR) is 71.5 cm³/mol. The predicted octanol–water partition coefficient (Wildman–Crippen LogP) is 1.34. The second-order valence-electron chi connectivity index (χ2n) is 6.18. The van der Waals surface area contributed by atoms with Gasteiger partial charge in [0.2, 0.25) is 10.0 Å². The van der Waals surface area contributed by atoms with Crippen LogP contribution in [0.2, 0.25) is 0 Å². The smallest absolute Gasteiger partial charge is 0.211 e. The zero-order valence-corrected chi connectivity index (χ0v) is 12.1. The lowest BCUT2D eigenvalue weighted by Crippen LogP contribution is -2.35. The molecule has 1 fully saturated rings.